The zero-order chi connectivity index (χ0) is 28.7. The summed E-state index contributed by atoms with van der Waals surface area (Å²) in [7, 11) is 0. The van der Waals surface area contributed by atoms with Gasteiger partial charge in [0, 0.05) is 30.5 Å². The Balaban J connectivity index is 1.26. The molecule has 41 heavy (non-hydrogen) atoms. The first kappa shape index (κ1) is 27.6. The molecule has 0 saturated heterocycles. The van der Waals surface area contributed by atoms with Crippen LogP contribution in [0.3, 0.4) is 0 Å². The van der Waals surface area contributed by atoms with E-state index in [1.54, 1.807) is 0 Å². The van der Waals surface area contributed by atoms with Crippen LogP contribution < -0.4 is 10.1 Å². The summed E-state index contributed by atoms with van der Waals surface area (Å²) in [5.74, 6) is 1.66. The molecule has 3 aliphatic carbocycles. The van der Waals surface area contributed by atoms with Gasteiger partial charge in [-0.3, -0.25) is 9.59 Å². The van der Waals surface area contributed by atoms with Crippen LogP contribution in [0.4, 0.5) is 10.8 Å². The van der Waals surface area contributed by atoms with Crippen LogP contribution in [0.2, 0.25) is 0 Å². The largest absolute Gasteiger partial charge is 0.462 e. The molecule has 2 aromatic carbocycles. The average Bonchev–Trinajstić information content (AvgIpc) is 3.51. The molecule has 7 nitrogen and oxygen atoms in total. The summed E-state index contributed by atoms with van der Waals surface area (Å²) < 4.78 is 11.5. The van der Waals surface area contributed by atoms with Crippen molar-refractivity contribution >= 4 is 46.2 Å². The molecular weight excluding hydrogens is 534 g/mol. The molecule has 3 aromatic rings. The topological polar surface area (TPSA) is 90.4 Å². The number of hydrogen-bond acceptors (Lipinski definition) is 8. The molecule has 0 aliphatic heterocycles. The van der Waals surface area contributed by atoms with Gasteiger partial charge in [-0.15, -0.1) is 10.2 Å². The number of hydrogen-bond donors (Lipinski definition) is 1. The number of aryl methyl sites for hydroxylation is 2. The monoisotopic (exact) mass is 571 g/mol. The van der Waals surface area contributed by atoms with Crippen LogP contribution in [-0.4, -0.2) is 28.2 Å². The maximum absolute atomic E-state index is 12.0. The van der Waals surface area contributed by atoms with Crippen LogP contribution in [0.1, 0.15) is 86.1 Å². The molecule has 3 aliphatic rings. The van der Waals surface area contributed by atoms with Crippen LogP contribution in [0.15, 0.2) is 36.4 Å². The standard InChI is InChI=1S/C33H37N3O4S/c1-19-5-9-24(10-6-19)34-32-36-35-31(41-32)14-8-23-17-27-22(18-29(23)39-20(2)37)7-11-26-25(27)15-16-33(4)28(26)12-13-30(33)40-21(3)38/h5-6,8-10,14,17-18,25-26,28,30H,7,11-13,15-16H2,1-4H3,(H,34,36)/b14-8+/t25-,26+,28-,30-,33-/m0/s1. The van der Waals surface area contributed by atoms with E-state index in [0.717, 1.165) is 59.9 Å². The minimum atomic E-state index is -0.329. The number of esters is 2. The molecule has 0 bridgehead atoms. The molecule has 2 saturated carbocycles. The van der Waals surface area contributed by atoms with Gasteiger partial charge < -0.3 is 14.8 Å². The second-order valence-electron chi connectivity index (χ2n) is 12.1. The van der Waals surface area contributed by atoms with E-state index in [9.17, 15) is 9.59 Å². The first-order valence-corrected chi connectivity index (χ1v) is 15.4. The fourth-order valence-electron chi connectivity index (χ4n) is 7.61. The van der Waals surface area contributed by atoms with Gasteiger partial charge in [0.05, 0.1) is 0 Å². The average molecular weight is 572 g/mol. The lowest BCUT2D eigenvalue weighted by Crippen LogP contribution is -2.45. The van der Waals surface area contributed by atoms with Crippen molar-refractivity contribution in [1.82, 2.24) is 10.2 Å². The smallest absolute Gasteiger partial charge is 0.308 e. The van der Waals surface area contributed by atoms with Crippen molar-refractivity contribution in [3.8, 4) is 5.75 Å². The summed E-state index contributed by atoms with van der Waals surface area (Å²) in [6, 6.07) is 12.5. The number of rotatable bonds is 6. The molecule has 214 valence electrons. The lowest BCUT2D eigenvalue weighted by Gasteiger charge is -2.50. The van der Waals surface area contributed by atoms with Crippen LogP contribution in [0.5, 0.6) is 5.75 Å². The van der Waals surface area contributed by atoms with Gasteiger partial charge in [-0.25, -0.2) is 0 Å². The van der Waals surface area contributed by atoms with Crippen molar-refractivity contribution in [2.45, 2.75) is 78.2 Å². The Bertz CT molecular complexity index is 1500. The normalized spacial score (nSPS) is 26.6. The molecule has 6 rings (SSSR count). The molecule has 0 amide bonds. The zero-order valence-electron chi connectivity index (χ0n) is 24.1. The number of anilines is 2. The number of carbonyl (C=O) groups excluding carboxylic acids is 2. The molecule has 0 radical (unpaired) electrons. The molecule has 1 aromatic heterocycles. The predicted molar refractivity (Wildman–Crippen MR) is 161 cm³/mol. The van der Waals surface area contributed by atoms with E-state index in [0.29, 0.717) is 23.5 Å². The van der Waals surface area contributed by atoms with Gasteiger partial charge in [-0.2, -0.15) is 0 Å². The molecule has 8 heteroatoms. The number of benzene rings is 2. The van der Waals surface area contributed by atoms with Gasteiger partial charge in [0.25, 0.3) is 0 Å². The molecule has 5 atom stereocenters. The van der Waals surface area contributed by atoms with Gasteiger partial charge in [-0.1, -0.05) is 36.0 Å². The lowest BCUT2D eigenvalue weighted by molar-refractivity contribution is -0.154. The van der Waals surface area contributed by atoms with E-state index in [4.69, 9.17) is 9.47 Å². The fraction of sp³-hybridized carbons (Fsp3) is 0.455. The third-order valence-electron chi connectivity index (χ3n) is 9.48. The van der Waals surface area contributed by atoms with Crippen molar-refractivity contribution in [3.05, 3.63) is 63.7 Å². The Labute approximate surface area is 245 Å². The minimum absolute atomic E-state index is 0.0227. The summed E-state index contributed by atoms with van der Waals surface area (Å²) in [5.41, 5.74) is 5.74. The molecular formula is C33H37N3O4S. The summed E-state index contributed by atoms with van der Waals surface area (Å²) >= 11 is 1.47. The number of nitrogens with zero attached hydrogens (tertiary/aromatic N) is 2. The second kappa shape index (κ2) is 11.0. The first-order chi connectivity index (χ1) is 19.7. The Morgan fingerprint density at radius 3 is 2.59 bits per heavy atom. The summed E-state index contributed by atoms with van der Waals surface area (Å²) in [6.07, 6.45) is 10.2. The maximum atomic E-state index is 12.0. The molecule has 2 fully saturated rings. The third-order valence-corrected chi connectivity index (χ3v) is 10.3. The minimum Gasteiger partial charge on any atom is -0.462 e. The van der Waals surface area contributed by atoms with E-state index in [1.807, 2.05) is 24.3 Å². The van der Waals surface area contributed by atoms with E-state index in [2.05, 4.69) is 53.6 Å². The second-order valence-corrected chi connectivity index (χ2v) is 13.1. The fourth-order valence-corrected chi connectivity index (χ4v) is 8.28. The quantitative estimate of drug-likeness (QED) is 0.242. The van der Waals surface area contributed by atoms with E-state index in [-0.39, 0.29) is 23.5 Å². The van der Waals surface area contributed by atoms with Crippen LogP contribution >= 0.6 is 11.3 Å². The molecule has 0 spiro atoms. The van der Waals surface area contributed by atoms with E-state index >= 15 is 0 Å². The highest BCUT2D eigenvalue weighted by Gasteiger charge is 2.56. The van der Waals surface area contributed by atoms with Gasteiger partial charge in [0.2, 0.25) is 5.13 Å². The lowest BCUT2D eigenvalue weighted by atomic mass is 9.55. The van der Waals surface area contributed by atoms with Crippen LogP contribution in [0.25, 0.3) is 12.2 Å². The Hall–Kier alpha value is -3.52. The summed E-state index contributed by atoms with van der Waals surface area (Å²) in [5, 5.41) is 13.4. The highest BCUT2D eigenvalue weighted by molar-refractivity contribution is 7.16. The van der Waals surface area contributed by atoms with Crippen molar-refractivity contribution < 1.29 is 19.1 Å². The summed E-state index contributed by atoms with van der Waals surface area (Å²) in [6.45, 7) is 7.37. The zero-order valence-corrected chi connectivity index (χ0v) is 24.9. The first-order valence-electron chi connectivity index (χ1n) is 14.6. The van der Waals surface area contributed by atoms with Gasteiger partial charge >= 0.3 is 11.9 Å². The summed E-state index contributed by atoms with van der Waals surface area (Å²) in [4.78, 5) is 23.8. The number of carbonyl (C=O) groups is 2. The van der Waals surface area contributed by atoms with Crippen molar-refractivity contribution in [2.75, 3.05) is 5.32 Å². The van der Waals surface area contributed by atoms with Crippen molar-refractivity contribution in [3.63, 3.8) is 0 Å². The van der Waals surface area contributed by atoms with Crippen LogP contribution in [0, 0.1) is 24.2 Å². The maximum Gasteiger partial charge on any atom is 0.308 e. The van der Waals surface area contributed by atoms with Crippen LogP contribution in [-0.2, 0) is 20.7 Å². The van der Waals surface area contributed by atoms with Crippen molar-refractivity contribution in [2.24, 2.45) is 17.3 Å². The van der Waals surface area contributed by atoms with E-state index in [1.165, 1.54) is 41.9 Å². The number of ether oxygens (including phenoxy) is 2. The molecule has 0 unspecified atom stereocenters. The van der Waals surface area contributed by atoms with Gasteiger partial charge in [0.1, 0.15) is 16.9 Å². The molecule has 1 N–H and O–H groups in total. The Kier molecular flexibility index (Phi) is 7.45. The Morgan fingerprint density at radius 2 is 1.83 bits per heavy atom. The number of fused-ring (bicyclic) bond motifs is 5. The van der Waals surface area contributed by atoms with E-state index < -0.39 is 0 Å². The highest BCUT2D eigenvalue weighted by Crippen LogP contribution is 2.61. The predicted octanol–water partition coefficient (Wildman–Crippen LogP) is 7.47. The van der Waals surface area contributed by atoms with Gasteiger partial charge in [0.15, 0.2) is 0 Å². The Morgan fingerprint density at radius 1 is 1.02 bits per heavy atom. The third kappa shape index (κ3) is 5.54. The SMILES string of the molecule is CC(=O)Oc1cc2c(cc1/C=C/c1nnc(Nc3ccc(C)cc3)s1)[C@H]1CC[C@]3(C)[C@@H](OC(C)=O)CC[C@H]3[C@@H]1CC2. The highest BCUT2D eigenvalue weighted by atomic mass is 32.1. The van der Waals surface area contributed by atoms with Gasteiger partial charge in [-0.05, 0) is 111 Å². The number of nitrogens with one attached hydrogen (secondary N) is 1. The van der Waals surface area contributed by atoms with Crippen molar-refractivity contribution in [1.29, 1.82) is 0 Å². The molecule has 1 heterocycles. The number of aromatic nitrogens is 2.